The van der Waals surface area contributed by atoms with Crippen molar-refractivity contribution in [2.24, 2.45) is 0 Å². The van der Waals surface area contributed by atoms with Gasteiger partial charge in [-0.1, -0.05) is 54.2 Å². The first-order valence-corrected chi connectivity index (χ1v) is 11.1. The average Bonchev–Trinajstić information content (AvgIpc) is 2.83. The topological polar surface area (TPSA) is 55.3 Å². The number of amides is 1. The fourth-order valence-corrected chi connectivity index (χ4v) is 4.34. The van der Waals surface area contributed by atoms with Crippen LogP contribution in [0.5, 0.6) is 5.75 Å². The Kier molecular flexibility index (Phi) is 6.66. The van der Waals surface area contributed by atoms with Gasteiger partial charge in [-0.3, -0.25) is 4.79 Å². The van der Waals surface area contributed by atoms with Gasteiger partial charge in [0.05, 0.1) is 12.9 Å². The van der Waals surface area contributed by atoms with Crippen LogP contribution in [0.15, 0.2) is 77.8 Å². The molecule has 0 saturated carbocycles. The van der Waals surface area contributed by atoms with Crippen LogP contribution in [0.2, 0.25) is 0 Å². The molecule has 1 amide bonds. The van der Waals surface area contributed by atoms with Crippen molar-refractivity contribution in [2.45, 2.75) is 11.6 Å². The van der Waals surface area contributed by atoms with E-state index in [0.717, 1.165) is 27.6 Å². The summed E-state index contributed by atoms with van der Waals surface area (Å²) in [5.74, 6) is 0.677. The van der Waals surface area contributed by atoms with Gasteiger partial charge in [-0.2, -0.15) is 0 Å². The second-order valence-corrected chi connectivity index (χ2v) is 8.22. The van der Waals surface area contributed by atoms with E-state index < -0.39 is 0 Å². The van der Waals surface area contributed by atoms with E-state index in [0.29, 0.717) is 17.3 Å². The zero-order valence-electron chi connectivity index (χ0n) is 17.8. The molecule has 0 aliphatic heterocycles. The SMILES string of the molecule is COc1ccccc1CN(C)C(=O)CSc1nnc(-c2ccc(F)cc2)c2ccccc12. The van der Waals surface area contributed by atoms with Gasteiger partial charge in [-0.25, -0.2) is 4.39 Å². The van der Waals surface area contributed by atoms with Gasteiger partial charge in [-0.05, 0) is 30.3 Å². The number of carbonyl (C=O) groups excluding carboxylic acids is 1. The maximum atomic E-state index is 13.3. The van der Waals surface area contributed by atoms with Gasteiger partial charge in [0.15, 0.2) is 0 Å². The Labute approximate surface area is 190 Å². The molecular formula is C25H22FN3O2S. The molecule has 0 unspecified atom stereocenters. The second kappa shape index (κ2) is 9.78. The molecule has 4 rings (SSSR count). The highest BCUT2D eigenvalue weighted by Gasteiger charge is 2.16. The Balaban J connectivity index is 1.51. The number of aromatic nitrogens is 2. The quantitative estimate of drug-likeness (QED) is 0.365. The molecule has 7 heteroatoms. The molecule has 0 spiro atoms. The van der Waals surface area contributed by atoms with E-state index in [1.165, 1.54) is 23.9 Å². The molecular weight excluding hydrogens is 425 g/mol. The summed E-state index contributed by atoms with van der Waals surface area (Å²) in [5.41, 5.74) is 2.42. The Morgan fingerprint density at radius 3 is 2.41 bits per heavy atom. The minimum atomic E-state index is -0.297. The molecule has 4 aromatic rings. The molecule has 5 nitrogen and oxygen atoms in total. The number of rotatable bonds is 7. The van der Waals surface area contributed by atoms with Crippen LogP contribution in [0.4, 0.5) is 4.39 Å². The van der Waals surface area contributed by atoms with Crippen molar-refractivity contribution < 1.29 is 13.9 Å². The normalized spacial score (nSPS) is 10.8. The Bertz CT molecular complexity index is 1250. The van der Waals surface area contributed by atoms with Crippen LogP contribution in [0.3, 0.4) is 0 Å². The van der Waals surface area contributed by atoms with Crippen molar-refractivity contribution in [1.29, 1.82) is 0 Å². The number of hydrogen-bond donors (Lipinski definition) is 0. The predicted octanol–water partition coefficient (Wildman–Crippen LogP) is 5.20. The van der Waals surface area contributed by atoms with Gasteiger partial charge < -0.3 is 9.64 Å². The van der Waals surface area contributed by atoms with E-state index >= 15 is 0 Å². The fraction of sp³-hybridized carbons (Fsp3) is 0.160. The molecule has 162 valence electrons. The van der Waals surface area contributed by atoms with Crippen molar-refractivity contribution in [1.82, 2.24) is 15.1 Å². The molecule has 32 heavy (non-hydrogen) atoms. The predicted molar refractivity (Wildman–Crippen MR) is 125 cm³/mol. The number of carbonyl (C=O) groups is 1. The van der Waals surface area contributed by atoms with Gasteiger partial charge in [0.1, 0.15) is 22.3 Å². The Morgan fingerprint density at radius 1 is 0.969 bits per heavy atom. The monoisotopic (exact) mass is 447 g/mol. The van der Waals surface area contributed by atoms with E-state index in [2.05, 4.69) is 10.2 Å². The first-order chi connectivity index (χ1) is 15.6. The Morgan fingerprint density at radius 2 is 1.66 bits per heavy atom. The maximum Gasteiger partial charge on any atom is 0.233 e. The summed E-state index contributed by atoms with van der Waals surface area (Å²) in [7, 11) is 3.40. The molecule has 0 aliphatic carbocycles. The molecule has 0 fully saturated rings. The van der Waals surface area contributed by atoms with E-state index in [9.17, 15) is 9.18 Å². The number of hydrogen-bond acceptors (Lipinski definition) is 5. The molecule has 1 heterocycles. The second-order valence-electron chi connectivity index (χ2n) is 7.26. The zero-order valence-corrected chi connectivity index (χ0v) is 18.6. The van der Waals surface area contributed by atoms with Crippen molar-refractivity contribution in [3.8, 4) is 17.0 Å². The van der Waals surface area contributed by atoms with E-state index in [-0.39, 0.29) is 17.5 Å². The van der Waals surface area contributed by atoms with E-state index in [1.54, 1.807) is 31.2 Å². The fourth-order valence-electron chi connectivity index (χ4n) is 3.42. The number of halogens is 1. The van der Waals surface area contributed by atoms with Crippen molar-refractivity contribution in [2.75, 3.05) is 19.9 Å². The number of nitrogens with zero attached hydrogens (tertiary/aromatic N) is 3. The largest absolute Gasteiger partial charge is 0.496 e. The van der Waals surface area contributed by atoms with Crippen LogP contribution in [-0.2, 0) is 11.3 Å². The molecule has 0 saturated heterocycles. The lowest BCUT2D eigenvalue weighted by atomic mass is 10.1. The van der Waals surface area contributed by atoms with Crippen LogP contribution < -0.4 is 4.74 Å². The summed E-state index contributed by atoms with van der Waals surface area (Å²) >= 11 is 1.36. The summed E-state index contributed by atoms with van der Waals surface area (Å²) in [6, 6.07) is 21.6. The van der Waals surface area contributed by atoms with Gasteiger partial charge in [0, 0.05) is 35.5 Å². The molecule has 0 atom stereocenters. The third-order valence-electron chi connectivity index (χ3n) is 5.13. The standard InChI is InChI=1S/C25H22FN3O2S/c1-29(15-18-7-3-6-10-22(18)31-2)23(30)16-32-25-21-9-5-4-8-20(21)24(27-28-25)17-11-13-19(26)14-12-17/h3-14H,15-16H2,1-2H3. The number of methoxy groups -OCH3 is 1. The molecule has 1 aromatic heterocycles. The number of fused-ring (bicyclic) bond motifs is 1. The van der Waals surface area contributed by atoms with Crippen molar-refractivity contribution in [3.05, 3.63) is 84.2 Å². The summed E-state index contributed by atoms with van der Waals surface area (Å²) in [5, 5.41) is 11.3. The van der Waals surface area contributed by atoms with Crippen LogP contribution in [0, 0.1) is 5.82 Å². The zero-order chi connectivity index (χ0) is 22.5. The third kappa shape index (κ3) is 4.73. The highest BCUT2D eigenvalue weighted by Crippen LogP contribution is 2.32. The lowest BCUT2D eigenvalue weighted by Crippen LogP contribution is -2.28. The number of benzene rings is 3. The van der Waals surface area contributed by atoms with Crippen LogP contribution in [0.1, 0.15) is 5.56 Å². The average molecular weight is 448 g/mol. The highest BCUT2D eigenvalue weighted by atomic mass is 32.2. The lowest BCUT2D eigenvalue weighted by molar-refractivity contribution is -0.127. The number of para-hydroxylation sites is 1. The van der Waals surface area contributed by atoms with Crippen LogP contribution in [0.25, 0.3) is 22.0 Å². The smallest absolute Gasteiger partial charge is 0.233 e. The van der Waals surface area contributed by atoms with E-state index in [4.69, 9.17) is 4.74 Å². The van der Waals surface area contributed by atoms with Crippen molar-refractivity contribution in [3.63, 3.8) is 0 Å². The van der Waals surface area contributed by atoms with Gasteiger partial charge in [0.25, 0.3) is 0 Å². The summed E-state index contributed by atoms with van der Waals surface area (Å²) in [4.78, 5) is 14.4. The maximum absolute atomic E-state index is 13.3. The first-order valence-electron chi connectivity index (χ1n) is 10.1. The summed E-state index contributed by atoms with van der Waals surface area (Å²) in [6.07, 6.45) is 0. The van der Waals surface area contributed by atoms with Crippen LogP contribution >= 0.6 is 11.8 Å². The molecule has 0 aliphatic rings. The van der Waals surface area contributed by atoms with E-state index in [1.807, 2.05) is 48.5 Å². The molecule has 0 N–H and O–H groups in total. The summed E-state index contributed by atoms with van der Waals surface area (Å²) in [6.45, 7) is 0.458. The minimum Gasteiger partial charge on any atom is -0.496 e. The minimum absolute atomic E-state index is 0.0191. The lowest BCUT2D eigenvalue weighted by Gasteiger charge is -2.18. The van der Waals surface area contributed by atoms with Crippen molar-refractivity contribution >= 4 is 28.4 Å². The summed E-state index contributed by atoms with van der Waals surface area (Å²) < 4.78 is 18.7. The van der Waals surface area contributed by atoms with Gasteiger partial charge in [0.2, 0.25) is 5.91 Å². The number of thioether (sulfide) groups is 1. The molecule has 0 bridgehead atoms. The van der Waals surface area contributed by atoms with Crippen LogP contribution in [-0.4, -0.2) is 40.9 Å². The number of ether oxygens (including phenoxy) is 1. The molecule has 0 radical (unpaired) electrons. The third-order valence-corrected chi connectivity index (χ3v) is 6.10. The molecule has 3 aromatic carbocycles. The highest BCUT2D eigenvalue weighted by molar-refractivity contribution is 8.00. The van der Waals surface area contributed by atoms with Gasteiger partial charge >= 0.3 is 0 Å². The first kappa shape index (κ1) is 21.8. The Hall–Kier alpha value is -3.45. The van der Waals surface area contributed by atoms with Gasteiger partial charge in [-0.15, -0.1) is 10.2 Å².